The maximum Gasteiger partial charge on any atom is 0.309 e. The van der Waals surface area contributed by atoms with Crippen LogP contribution in [0.15, 0.2) is 23.2 Å². The molecule has 21 heavy (non-hydrogen) atoms. The van der Waals surface area contributed by atoms with E-state index in [0.717, 1.165) is 4.90 Å². The lowest BCUT2D eigenvalue weighted by atomic mass is 10.2. The monoisotopic (exact) mass is 310 g/mol. The fourth-order valence-corrected chi connectivity index (χ4v) is 2.71. The minimum Gasteiger partial charge on any atom is -0.469 e. The number of carbonyl (C=O) groups excluding carboxylic acids is 2. The van der Waals surface area contributed by atoms with Crippen LogP contribution in [0.5, 0.6) is 0 Å². The number of rotatable bonds is 7. The van der Waals surface area contributed by atoms with Gasteiger partial charge in [0.1, 0.15) is 5.69 Å². The maximum atomic E-state index is 12.2. The number of hydrogen-bond acceptors (Lipinski definition) is 5. The Balaban J connectivity index is 2.72. The Labute approximate surface area is 130 Å². The minimum atomic E-state index is -0.226. The van der Waals surface area contributed by atoms with Gasteiger partial charge in [-0.1, -0.05) is 6.92 Å². The Morgan fingerprint density at radius 1 is 1.38 bits per heavy atom. The van der Waals surface area contributed by atoms with E-state index in [1.165, 1.54) is 18.9 Å². The number of nitrogens with zero attached hydrogens (tertiary/aromatic N) is 2. The highest BCUT2D eigenvalue weighted by Crippen LogP contribution is 2.21. The highest BCUT2D eigenvalue weighted by molar-refractivity contribution is 7.99. The normalized spacial score (nSPS) is 11.8. The molecule has 1 aromatic rings. The molecule has 1 unspecified atom stereocenters. The van der Waals surface area contributed by atoms with E-state index in [2.05, 4.69) is 4.98 Å². The number of ether oxygens (including phenoxy) is 1. The quantitative estimate of drug-likeness (QED) is 0.572. The summed E-state index contributed by atoms with van der Waals surface area (Å²) in [7, 11) is 1.39. The number of carbonyl (C=O) groups is 2. The van der Waals surface area contributed by atoms with Crippen LogP contribution in [0.1, 0.15) is 31.3 Å². The van der Waals surface area contributed by atoms with Crippen molar-refractivity contribution in [2.45, 2.75) is 25.7 Å². The van der Waals surface area contributed by atoms with Gasteiger partial charge in [0.15, 0.2) is 0 Å². The smallest absolute Gasteiger partial charge is 0.309 e. The van der Waals surface area contributed by atoms with E-state index in [1.54, 1.807) is 17.2 Å². The van der Waals surface area contributed by atoms with Crippen molar-refractivity contribution in [3.05, 3.63) is 24.0 Å². The Morgan fingerprint density at radius 2 is 2.05 bits per heavy atom. The van der Waals surface area contributed by atoms with E-state index in [-0.39, 0.29) is 17.8 Å². The lowest BCUT2D eigenvalue weighted by Gasteiger charge is -2.18. The number of thioether (sulfide) groups is 1. The van der Waals surface area contributed by atoms with Crippen molar-refractivity contribution in [2.75, 3.05) is 26.0 Å². The fourth-order valence-electron chi connectivity index (χ4n) is 1.78. The molecule has 0 aliphatic heterocycles. The molecule has 116 valence electrons. The topological polar surface area (TPSA) is 59.5 Å². The molecule has 0 bridgehead atoms. The van der Waals surface area contributed by atoms with E-state index in [0.29, 0.717) is 24.5 Å². The first-order valence-electron chi connectivity index (χ1n) is 6.99. The molecule has 0 aliphatic rings. The average Bonchev–Trinajstić information content (AvgIpc) is 2.53. The van der Waals surface area contributed by atoms with Gasteiger partial charge >= 0.3 is 5.97 Å². The van der Waals surface area contributed by atoms with Crippen LogP contribution in [-0.4, -0.2) is 47.7 Å². The summed E-state index contributed by atoms with van der Waals surface area (Å²) in [5.74, 6) is 0.129. The average molecular weight is 310 g/mol. The van der Waals surface area contributed by atoms with Crippen molar-refractivity contribution in [2.24, 2.45) is 5.92 Å². The first-order valence-corrected chi connectivity index (χ1v) is 7.97. The molecule has 0 spiro atoms. The van der Waals surface area contributed by atoms with Crippen LogP contribution in [-0.2, 0) is 9.53 Å². The molecule has 1 rings (SSSR count). The van der Waals surface area contributed by atoms with Crippen LogP contribution in [0.2, 0.25) is 0 Å². The van der Waals surface area contributed by atoms with Crippen LogP contribution >= 0.6 is 11.8 Å². The molecule has 1 amide bonds. The third kappa shape index (κ3) is 5.04. The molecule has 0 saturated heterocycles. The summed E-state index contributed by atoms with van der Waals surface area (Å²) in [5.41, 5.74) is 0.439. The summed E-state index contributed by atoms with van der Waals surface area (Å²) in [4.78, 5) is 30.4. The van der Waals surface area contributed by atoms with Crippen LogP contribution in [0, 0.1) is 5.92 Å². The van der Waals surface area contributed by atoms with Crippen molar-refractivity contribution in [3.8, 4) is 0 Å². The van der Waals surface area contributed by atoms with Crippen LogP contribution < -0.4 is 0 Å². The zero-order valence-electron chi connectivity index (χ0n) is 13.0. The number of hydrogen-bond donors (Lipinski definition) is 0. The Hall–Kier alpha value is -1.56. The standard InChI is InChI=1S/C15H22N2O3S/c1-5-17(6-2)14(18)13-9-12(7-8-16-13)21-10-11(3)15(19)20-4/h7-9,11H,5-6,10H2,1-4H3. The van der Waals surface area contributed by atoms with Gasteiger partial charge in [-0.3, -0.25) is 14.6 Å². The molecule has 0 radical (unpaired) electrons. The molecule has 5 nitrogen and oxygen atoms in total. The summed E-state index contributed by atoms with van der Waals surface area (Å²) in [6.07, 6.45) is 1.63. The van der Waals surface area contributed by atoms with Gasteiger partial charge in [-0.2, -0.15) is 0 Å². The Bertz CT molecular complexity index is 490. The number of esters is 1. The van der Waals surface area contributed by atoms with Gasteiger partial charge in [0.2, 0.25) is 0 Å². The fraction of sp³-hybridized carbons (Fsp3) is 0.533. The lowest BCUT2D eigenvalue weighted by Crippen LogP contribution is -2.31. The van der Waals surface area contributed by atoms with E-state index >= 15 is 0 Å². The zero-order valence-corrected chi connectivity index (χ0v) is 13.8. The number of methoxy groups -OCH3 is 1. The second kappa shape index (κ2) is 8.67. The maximum absolute atomic E-state index is 12.2. The van der Waals surface area contributed by atoms with Crippen LogP contribution in [0.3, 0.4) is 0 Å². The summed E-state index contributed by atoms with van der Waals surface area (Å²) in [6, 6.07) is 3.61. The summed E-state index contributed by atoms with van der Waals surface area (Å²) < 4.78 is 4.70. The predicted molar refractivity (Wildman–Crippen MR) is 83.4 cm³/mol. The van der Waals surface area contributed by atoms with Gasteiger partial charge in [0, 0.05) is 29.9 Å². The largest absolute Gasteiger partial charge is 0.469 e. The Kier molecular flexibility index (Phi) is 7.22. The van der Waals surface area contributed by atoms with E-state index in [1.807, 2.05) is 26.8 Å². The summed E-state index contributed by atoms with van der Waals surface area (Å²) in [5, 5.41) is 0. The molecule has 0 aliphatic carbocycles. The van der Waals surface area contributed by atoms with Gasteiger partial charge in [0.05, 0.1) is 13.0 Å². The van der Waals surface area contributed by atoms with Gasteiger partial charge < -0.3 is 9.64 Å². The minimum absolute atomic E-state index is 0.0662. The Morgan fingerprint density at radius 3 is 2.62 bits per heavy atom. The zero-order chi connectivity index (χ0) is 15.8. The molecule has 0 saturated carbocycles. The molecule has 0 aromatic carbocycles. The van der Waals surface area contributed by atoms with Gasteiger partial charge in [-0.05, 0) is 26.0 Å². The van der Waals surface area contributed by atoms with E-state index in [4.69, 9.17) is 4.74 Å². The van der Waals surface area contributed by atoms with Crippen molar-refractivity contribution in [3.63, 3.8) is 0 Å². The van der Waals surface area contributed by atoms with Crippen molar-refractivity contribution >= 4 is 23.6 Å². The SMILES string of the molecule is CCN(CC)C(=O)c1cc(SCC(C)C(=O)OC)ccn1. The third-order valence-corrected chi connectivity index (χ3v) is 4.36. The summed E-state index contributed by atoms with van der Waals surface area (Å²) >= 11 is 1.52. The van der Waals surface area contributed by atoms with E-state index < -0.39 is 0 Å². The van der Waals surface area contributed by atoms with Crippen molar-refractivity contribution < 1.29 is 14.3 Å². The second-order valence-electron chi connectivity index (χ2n) is 4.59. The first kappa shape index (κ1) is 17.5. The second-order valence-corrected chi connectivity index (χ2v) is 5.68. The molecule has 1 atom stereocenters. The van der Waals surface area contributed by atoms with Gasteiger partial charge in [-0.15, -0.1) is 11.8 Å². The first-order chi connectivity index (χ1) is 10.0. The third-order valence-electron chi connectivity index (χ3n) is 3.10. The highest BCUT2D eigenvalue weighted by Gasteiger charge is 2.16. The van der Waals surface area contributed by atoms with E-state index in [9.17, 15) is 9.59 Å². The number of pyridine rings is 1. The summed E-state index contributed by atoms with van der Waals surface area (Å²) in [6.45, 7) is 7.03. The molecular weight excluding hydrogens is 288 g/mol. The lowest BCUT2D eigenvalue weighted by molar-refractivity contribution is -0.143. The molecule has 0 fully saturated rings. The molecule has 6 heteroatoms. The van der Waals surface area contributed by atoms with Crippen LogP contribution in [0.25, 0.3) is 0 Å². The molecule has 1 aromatic heterocycles. The highest BCUT2D eigenvalue weighted by atomic mass is 32.2. The number of amides is 1. The molecule has 0 N–H and O–H groups in total. The predicted octanol–water partition coefficient (Wildman–Crippen LogP) is 2.46. The van der Waals surface area contributed by atoms with Crippen LogP contribution in [0.4, 0.5) is 0 Å². The number of aromatic nitrogens is 1. The van der Waals surface area contributed by atoms with Crippen molar-refractivity contribution in [1.82, 2.24) is 9.88 Å². The van der Waals surface area contributed by atoms with Gasteiger partial charge in [-0.25, -0.2) is 0 Å². The molecule has 1 heterocycles. The van der Waals surface area contributed by atoms with Gasteiger partial charge in [0.25, 0.3) is 5.91 Å². The van der Waals surface area contributed by atoms with Crippen molar-refractivity contribution in [1.29, 1.82) is 0 Å². The molecular formula is C15H22N2O3S.